The summed E-state index contributed by atoms with van der Waals surface area (Å²) < 4.78 is 12.0. The average molecular weight is 537 g/mol. The summed E-state index contributed by atoms with van der Waals surface area (Å²) in [6.45, 7) is 12.9. The Morgan fingerprint density at radius 1 is 0.600 bits per heavy atom. The highest BCUT2D eigenvalue weighted by molar-refractivity contribution is 5.85. The summed E-state index contributed by atoms with van der Waals surface area (Å²) in [5.41, 5.74) is 9.80. The van der Waals surface area contributed by atoms with Crippen LogP contribution in [0.3, 0.4) is 0 Å². The molecular weight excluding hydrogens is 500 g/mol. The number of morpholine rings is 1. The molecule has 0 spiro atoms. The van der Waals surface area contributed by atoms with Crippen molar-refractivity contribution in [3.63, 3.8) is 0 Å². The van der Waals surface area contributed by atoms with Crippen LogP contribution in [0.15, 0.2) is 60.7 Å². The van der Waals surface area contributed by atoms with E-state index in [1.807, 2.05) is 64.1 Å². The lowest BCUT2D eigenvalue weighted by Gasteiger charge is -2.36. The van der Waals surface area contributed by atoms with Gasteiger partial charge in [0, 0.05) is 26.2 Å². The van der Waals surface area contributed by atoms with Gasteiger partial charge in [-0.25, -0.2) is 0 Å². The van der Waals surface area contributed by atoms with Gasteiger partial charge in [-0.2, -0.15) is 0 Å². The van der Waals surface area contributed by atoms with Gasteiger partial charge in [0.05, 0.1) is 24.6 Å². The smallest absolute Gasteiger partial charge is 0.151 e. The minimum atomic E-state index is 0.346. The Balaban J connectivity index is 1.43. The SMILES string of the molecule is Cc1cc(-c2ccc3c(c2)N(CCN2CCOCC2)c2cc(-c4cc(C)c(O)c(C)c4)ccc2O3)cc(C)c1O. The molecule has 0 amide bonds. The van der Waals surface area contributed by atoms with E-state index in [1.54, 1.807) is 0 Å². The molecule has 0 unspecified atom stereocenters. The molecule has 2 heterocycles. The molecule has 0 aromatic heterocycles. The lowest BCUT2D eigenvalue weighted by Crippen LogP contribution is -2.41. The Hall–Kier alpha value is -4.00. The second-order valence-electron chi connectivity index (χ2n) is 11.0. The van der Waals surface area contributed by atoms with E-state index < -0.39 is 0 Å². The van der Waals surface area contributed by atoms with Crippen molar-refractivity contribution < 1.29 is 19.7 Å². The Labute approximate surface area is 236 Å². The molecule has 4 aromatic rings. The largest absolute Gasteiger partial charge is 0.507 e. The van der Waals surface area contributed by atoms with Gasteiger partial charge in [0.25, 0.3) is 0 Å². The van der Waals surface area contributed by atoms with Crippen LogP contribution in [-0.2, 0) is 4.74 Å². The van der Waals surface area contributed by atoms with E-state index in [0.717, 1.165) is 107 Å². The number of nitrogens with zero attached hydrogens (tertiary/aromatic N) is 2. The van der Waals surface area contributed by atoms with Crippen LogP contribution in [0, 0.1) is 27.7 Å². The average Bonchev–Trinajstić information content (AvgIpc) is 2.96. The summed E-state index contributed by atoms with van der Waals surface area (Å²) in [6.07, 6.45) is 0. The topological polar surface area (TPSA) is 65.4 Å². The highest BCUT2D eigenvalue weighted by Crippen LogP contribution is 2.49. The molecule has 1 fully saturated rings. The molecule has 2 N–H and O–H groups in total. The molecule has 1 saturated heterocycles. The van der Waals surface area contributed by atoms with Crippen LogP contribution in [0.2, 0.25) is 0 Å². The van der Waals surface area contributed by atoms with Gasteiger partial charge in [-0.1, -0.05) is 12.1 Å². The minimum absolute atomic E-state index is 0.346. The molecule has 206 valence electrons. The molecule has 0 saturated carbocycles. The van der Waals surface area contributed by atoms with Crippen molar-refractivity contribution in [2.45, 2.75) is 27.7 Å². The van der Waals surface area contributed by atoms with Gasteiger partial charge in [-0.05, 0) is 121 Å². The number of benzene rings is 4. The summed E-state index contributed by atoms with van der Waals surface area (Å²) in [4.78, 5) is 4.82. The third-order valence-corrected chi connectivity index (χ3v) is 8.11. The van der Waals surface area contributed by atoms with Crippen LogP contribution in [-0.4, -0.2) is 54.5 Å². The first-order chi connectivity index (χ1) is 19.3. The van der Waals surface area contributed by atoms with E-state index in [1.165, 1.54) is 0 Å². The van der Waals surface area contributed by atoms with Crippen molar-refractivity contribution in [1.29, 1.82) is 0 Å². The summed E-state index contributed by atoms with van der Waals surface area (Å²) in [5, 5.41) is 20.7. The van der Waals surface area contributed by atoms with Gasteiger partial charge in [-0.15, -0.1) is 0 Å². The van der Waals surface area contributed by atoms with Crippen molar-refractivity contribution in [1.82, 2.24) is 4.90 Å². The zero-order valence-corrected chi connectivity index (χ0v) is 23.6. The third kappa shape index (κ3) is 4.89. The predicted octanol–water partition coefficient (Wildman–Crippen LogP) is 7.24. The molecule has 6 nitrogen and oxygen atoms in total. The van der Waals surface area contributed by atoms with Gasteiger partial charge in [0.15, 0.2) is 11.5 Å². The van der Waals surface area contributed by atoms with Crippen LogP contribution in [0.5, 0.6) is 23.0 Å². The number of anilines is 2. The van der Waals surface area contributed by atoms with Crippen LogP contribution in [0.25, 0.3) is 22.3 Å². The van der Waals surface area contributed by atoms with Crippen molar-refractivity contribution in [3.8, 4) is 45.3 Å². The molecule has 2 aliphatic rings. The monoisotopic (exact) mass is 536 g/mol. The maximum atomic E-state index is 10.3. The number of rotatable bonds is 5. The number of aromatic hydroxyl groups is 2. The number of hydrogen-bond donors (Lipinski definition) is 2. The summed E-state index contributed by atoms with van der Waals surface area (Å²) in [7, 11) is 0. The number of hydrogen-bond acceptors (Lipinski definition) is 6. The van der Waals surface area contributed by atoms with Gasteiger partial charge >= 0.3 is 0 Å². The lowest BCUT2D eigenvalue weighted by atomic mass is 9.97. The van der Waals surface area contributed by atoms with Gasteiger partial charge in [0.1, 0.15) is 11.5 Å². The first kappa shape index (κ1) is 26.2. The number of ether oxygens (including phenoxy) is 2. The second-order valence-corrected chi connectivity index (χ2v) is 11.0. The lowest BCUT2D eigenvalue weighted by molar-refractivity contribution is 0.0394. The quantitative estimate of drug-likeness (QED) is 0.280. The summed E-state index contributed by atoms with van der Waals surface area (Å²) >= 11 is 0. The Morgan fingerprint density at radius 2 is 1.05 bits per heavy atom. The molecule has 0 radical (unpaired) electrons. The zero-order valence-electron chi connectivity index (χ0n) is 23.6. The van der Waals surface area contributed by atoms with E-state index in [0.29, 0.717) is 11.5 Å². The van der Waals surface area contributed by atoms with Crippen molar-refractivity contribution in [3.05, 3.63) is 82.9 Å². The highest BCUT2D eigenvalue weighted by Gasteiger charge is 2.27. The molecule has 0 bridgehead atoms. The maximum Gasteiger partial charge on any atom is 0.151 e. The molecule has 0 aliphatic carbocycles. The van der Waals surface area contributed by atoms with Crippen LogP contribution < -0.4 is 9.64 Å². The van der Waals surface area contributed by atoms with Crippen LogP contribution in [0.4, 0.5) is 11.4 Å². The molecule has 2 aliphatic heterocycles. The van der Waals surface area contributed by atoms with Crippen molar-refractivity contribution in [2.24, 2.45) is 0 Å². The Morgan fingerprint density at radius 3 is 1.50 bits per heavy atom. The molecule has 6 rings (SSSR count). The molecule has 40 heavy (non-hydrogen) atoms. The molecule has 4 aromatic carbocycles. The number of phenols is 2. The first-order valence-corrected chi connectivity index (χ1v) is 13.9. The zero-order chi connectivity index (χ0) is 28.0. The van der Waals surface area contributed by atoms with Crippen LogP contribution >= 0.6 is 0 Å². The summed E-state index contributed by atoms with van der Waals surface area (Å²) in [5.74, 6) is 2.35. The molecule has 0 atom stereocenters. The number of aryl methyl sites for hydroxylation is 4. The van der Waals surface area contributed by atoms with Crippen molar-refractivity contribution >= 4 is 11.4 Å². The van der Waals surface area contributed by atoms with Crippen LogP contribution in [0.1, 0.15) is 22.3 Å². The second kappa shape index (κ2) is 10.5. The Kier molecular flexibility index (Phi) is 6.90. The third-order valence-electron chi connectivity index (χ3n) is 8.11. The van der Waals surface area contributed by atoms with E-state index in [2.05, 4.69) is 34.1 Å². The number of fused-ring (bicyclic) bond motifs is 2. The predicted molar refractivity (Wildman–Crippen MR) is 160 cm³/mol. The van der Waals surface area contributed by atoms with Gasteiger partial charge in [-0.3, -0.25) is 4.90 Å². The normalized spacial score (nSPS) is 14.9. The van der Waals surface area contributed by atoms with Gasteiger partial charge in [0.2, 0.25) is 0 Å². The van der Waals surface area contributed by atoms with E-state index >= 15 is 0 Å². The van der Waals surface area contributed by atoms with E-state index in [4.69, 9.17) is 9.47 Å². The number of phenolic OH excluding ortho intramolecular Hbond substituents is 2. The van der Waals surface area contributed by atoms with Gasteiger partial charge < -0.3 is 24.6 Å². The van der Waals surface area contributed by atoms with E-state index in [-0.39, 0.29) is 0 Å². The fraction of sp³-hybridized carbons (Fsp3) is 0.294. The fourth-order valence-corrected chi connectivity index (χ4v) is 5.79. The highest BCUT2D eigenvalue weighted by atomic mass is 16.5. The standard InChI is InChI=1S/C34H36N2O4/c1-21-15-27(16-22(2)33(21)37)25-5-7-31-29(19-25)36(10-9-35-11-13-39-14-12-35)30-20-26(6-8-32(30)40-31)28-17-23(3)34(38)24(4)18-28/h5-8,15-20,37-38H,9-14H2,1-4H3. The van der Waals surface area contributed by atoms with E-state index in [9.17, 15) is 10.2 Å². The summed E-state index contributed by atoms with van der Waals surface area (Å²) in [6, 6.07) is 20.8. The molecular formula is C34H36N2O4. The minimum Gasteiger partial charge on any atom is -0.507 e. The fourth-order valence-electron chi connectivity index (χ4n) is 5.79. The maximum absolute atomic E-state index is 10.3. The Bertz CT molecular complexity index is 1440. The molecule has 6 heteroatoms. The van der Waals surface area contributed by atoms with Crippen molar-refractivity contribution in [2.75, 3.05) is 44.3 Å². The first-order valence-electron chi connectivity index (χ1n) is 13.9.